The van der Waals surface area contributed by atoms with Crippen LogP contribution in [0.25, 0.3) is 5.82 Å². The molecule has 0 saturated heterocycles. The van der Waals surface area contributed by atoms with E-state index in [9.17, 15) is 0 Å². The Balaban J connectivity index is 1.66. The molecule has 0 amide bonds. The third-order valence-corrected chi connectivity index (χ3v) is 4.21. The van der Waals surface area contributed by atoms with E-state index in [0.717, 1.165) is 21.5 Å². The Labute approximate surface area is 135 Å². The van der Waals surface area contributed by atoms with E-state index in [4.69, 9.17) is 11.6 Å². The van der Waals surface area contributed by atoms with Gasteiger partial charge in [-0.1, -0.05) is 17.7 Å². The number of pyridine rings is 1. The summed E-state index contributed by atoms with van der Waals surface area (Å²) in [6, 6.07) is 9.81. The van der Waals surface area contributed by atoms with Crippen LogP contribution in [0.3, 0.4) is 0 Å². The fourth-order valence-electron chi connectivity index (χ4n) is 1.89. The van der Waals surface area contributed by atoms with Gasteiger partial charge < -0.3 is 5.32 Å². The summed E-state index contributed by atoms with van der Waals surface area (Å²) in [6.07, 6.45) is 7.12. The standard InChI is InChI=1S/C15H12BrClN4/c16-13-7-11(1-3-14(13)17)8-19-12-2-4-15(20-9-12)21-6-5-18-10-21/h1-7,9-10,19H,8H2. The Morgan fingerprint density at radius 3 is 2.81 bits per heavy atom. The van der Waals surface area contributed by atoms with Crippen molar-refractivity contribution in [3.8, 4) is 5.82 Å². The molecule has 3 aromatic rings. The first kappa shape index (κ1) is 14.1. The number of anilines is 1. The Morgan fingerprint density at radius 1 is 1.24 bits per heavy atom. The summed E-state index contributed by atoms with van der Waals surface area (Å²) < 4.78 is 2.76. The first-order valence-electron chi connectivity index (χ1n) is 6.34. The van der Waals surface area contributed by atoms with Crippen LogP contribution in [0, 0.1) is 0 Å². The highest BCUT2D eigenvalue weighted by Gasteiger charge is 2.01. The van der Waals surface area contributed by atoms with Gasteiger partial charge in [-0.2, -0.15) is 0 Å². The Kier molecular flexibility index (Phi) is 4.22. The van der Waals surface area contributed by atoms with Crippen LogP contribution in [-0.2, 0) is 6.54 Å². The van der Waals surface area contributed by atoms with Crippen LogP contribution in [0.5, 0.6) is 0 Å². The average Bonchev–Trinajstić information content (AvgIpc) is 3.03. The molecule has 1 N–H and O–H groups in total. The van der Waals surface area contributed by atoms with Crippen LogP contribution < -0.4 is 5.32 Å². The minimum atomic E-state index is 0.710. The molecule has 2 heterocycles. The third kappa shape index (κ3) is 3.43. The van der Waals surface area contributed by atoms with Crippen molar-refractivity contribution in [3.63, 3.8) is 0 Å². The molecule has 0 unspecified atom stereocenters. The molecule has 21 heavy (non-hydrogen) atoms. The maximum atomic E-state index is 5.98. The van der Waals surface area contributed by atoms with E-state index in [-0.39, 0.29) is 0 Å². The van der Waals surface area contributed by atoms with Crippen molar-refractivity contribution >= 4 is 33.2 Å². The van der Waals surface area contributed by atoms with E-state index >= 15 is 0 Å². The highest BCUT2D eigenvalue weighted by atomic mass is 79.9. The topological polar surface area (TPSA) is 42.7 Å². The Bertz CT molecular complexity index is 726. The monoisotopic (exact) mass is 362 g/mol. The Hall–Kier alpha value is -1.85. The predicted molar refractivity (Wildman–Crippen MR) is 87.8 cm³/mol. The van der Waals surface area contributed by atoms with Crippen LogP contribution >= 0.6 is 27.5 Å². The summed E-state index contributed by atoms with van der Waals surface area (Å²) >= 11 is 9.40. The summed E-state index contributed by atoms with van der Waals surface area (Å²) in [5.41, 5.74) is 2.11. The van der Waals surface area contributed by atoms with Crippen molar-refractivity contribution in [3.05, 3.63) is 70.3 Å². The van der Waals surface area contributed by atoms with Gasteiger partial charge in [-0.05, 0) is 45.8 Å². The molecule has 106 valence electrons. The molecule has 0 radical (unpaired) electrons. The van der Waals surface area contributed by atoms with Gasteiger partial charge in [-0.3, -0.25) is 4.57 Å². The maximum absolute atomic E-state index is 5.98. The number of hydrogen-bond acceptors (Lipinski definition) is 3. The molecule has 0 aliphatic carbocycles. The quantitative estimate of drug-likeness (QED) is 0.751. The third-order valence-electron chi connectivity index (χ3n) is 3.00. The zero-order valence-electron chi connectivity index (χ0n) is 11.0. The molecule has 0 aliphatic rings. The summed E-state index contributed by atoms with van der Waals surface area (Å²) in [6.45, 7) is 0.710. The molecule has 6 heteroatoms. The van der Waals surface area contributed by atoms with Crippen LogP contribution in [0.4, 0.5) is 5.69 Å². The van der Waals surface area contributed by atoms with Gasteiger partial charge in [0.2, 0.25) is 0 Å². The lowest BCUT2D eigenvalue weighted by molar-refractivity contribution is 0.990. The van der Waals surface area contributed by atoms with Gasteiger partial charge in [0.25, 0.3) is 0 Å². The highest BCUT2D eigenvalue weighted by molar-refractivity contribution is 9.10. The predicted octanol–water partition coefficient (Wildman–Crippen LogP) is 4.30. The molecule has 0 atom stereocenters. The van der Waals surface area contributed by atoms with Crippen LogP contribution in [0.1, 0.15) is 5.56 Å². The van der Waals surface area contributed by atoms with E-state index in [1.165, 1.54) is 0 Å². The zero-order chi connectivity index (χ0) is 14.7. The fourth-order valence-corrected chi connectivity index (χ4v) is 2.44. The lowest BCUT2D eigenvalue weighted by Crippen LogP contribution is -2.01. The molecule has 0 spiro atoms. The number of benzene rings is 1. The molecular formula is C15H12BrClN4. The number of nitrogens with zero attached hydrogens (tertiary/aromatic N) is 3. The first-order valence-corrected chi connectivity index (χ1v) is 7.51. The Morgan fingerprint density at radius 2 is 2.14 bits per heavy atom. The van der Waals surface area contributed by atoms with Crippen LogP contribution in [0.15, 0.2) is 59.7 Å². The van der Waals surface area contributed by atoms with Gasteiger partial charge in [0.05, 0.1) is 16.9 Å². The molecule has 0 bridgehead atoms. The van der Waals surface area contributed by atoms with E-state index < -0.39 is 0 Å². The van der Waals surface area contributed by atoms with Crippen molar-refractivity contribution in [2.45, 2.75) is 6.54 Å². The van der Waals surface area contributed by atoms with E-state index in [2.05, 4.69) is 31.2 Å². The van der Waals surface area contributed by atoms with Gasteiger partial charge in [-0.25, -0.2) is 9.97 Å². The summed E-state index contributed by atoms with van der Waals surface area (Å²) in [5, 5.41) is 4.04. The summed E-state index contributed by atoms with van der Waals surface area (Å²) in [5.74, 6) is 0.840. The molecule has 0 saturated carbocycles. The van der Waals surface area contributed by atoms with Gasteiger partial charge in [0.1, 0.15) is 12.1 Å². The van der Waals surface area contributed by atoms with E-state index in [0.29, 0.717) is 11.6 Å². The van der Waals surface area contributed by atoms with Gasteiger partial charge >= 0.3 is 0 Å². The van der Waals surface area contributed by atoms with E-state index in [1.807, 2.05) is 41.1 Å². The highest BCUT2D eigenvalue weighted by Crippen LogP contribution is 2.23. The second kappa shape index (κ2) is 6.28. The lowest BCUT2D eigenvalue weighted by Gasteiger charge is -2.08. The summed E-state index contributed by atoms with van der Waals surface area (Å²) in [7, 11) is 0. The minimum absolute atomic E-state index is 0.710. The molecule has 0 aliphatic heterocycles. The van der Waals surface area contributed by atoms with Crippen molar-refractivity contribution in [2.24, 2.45) is 0 Å². The van der Waals surface area contributed by atoms with Crippen LogP contribution in [0.2, 0.25) is 5.02 Å². The molecule has 3 rings (SSSR count). The van der Waals surface area contributed by atoms with Crippen molar-refractivity contribution in [1.82, 2.24) is 14.5 Å². The maximum Gasteiger partial charge on any atom is 0.137 e. The smallest absolute Gasteiger partial charge is 0.137 e. The normalized spacial score (nSPS) is 10.6. The number of rotatable bonds is 4. The van der Waals surface area contributed by atoms with Crippen molar-refractivity contribution in [1.29, 1.82) is 0 Å². The van der Waals surface area contributed by atoms with Crippen molar-refractivity contribution < 1.29 is 0 Å². The van der Waals surface area contributed by atoms with Gasteiger partial charge in [0, 0.05) is 23.4 Å². The van der Waals surface area contributed by atoms with Crippen molar-refractivity contribution in [2.75, 3.05) is 5.32 Å². The number of aromatic nitrogens is 3. The minimum Gasteiger partial charge on any atom is -0.380 e. The molecular weight excluding hydrogens is 352 g/mol. The van der Waals surface area contributed by atoms with Gasteiger partial charge in [-0.15, -0.1) is 0 Å². The second-order valence-corrected chi connectivity index (χ2v) is 5.74. The van der Waals surface area contributed by atoms with Gasteiger partial charge in [0.15, 0.2) is 0 Å². The SMILES string of the molecule is Clc1ccc(CNc2ccc(-n3ccnc3)nc2)cc1Br. The zero-order valence-corrected chi connectivity index (χ0v) is 13.3. The molecule has 0 fully saturated rings. The number of nitrogens with one attached hydrogen (secondary N) is 1. The van der Waals surface area contributed by atoms with Crippen LogP contribution in [-0.4, -0.2) is 14.5 Å². The number of halogens is 2. The summed E-state index contributed by atoms with van der Waals surface area (Å²) in [4.78, 5) is 8.40. The number of imidazole rings is 1. The van der Waals surface area contributed by atoms with E-state index in [1.54, 1.807) is 18.7 Å². The first-order chi connectivity index (χ1) is 10.2. The molecule has 1 aromatic carbocycles. The lowest BCUT2D eigenvalue weighted by atomic mass is 10.2. The molecule has 4 nitrogen and oxygen atoms in total. The average molecular weight is 364 g/mol. The molecule has 2 aromatic heterocycles. The number of hydrogen-bond donors (Lipinski definition) is 1. The largest absolute Gasteiger partial charge is 0.380 e. The fraction of sp³-hybridized carbons (Fsp3) is 0.0667. The second-order valence-electron chi connectivity index (χ2n) is 4.48.